The molecule has 2 nitrogen and oxygen atoms in total. The van der Waals surface area contributed by atoms with Crippen LogP contribution in [0.3, 0.4) is 0 Å². The zero-order valence-electron chi connectivity index (χ0n) is 13.2. The van der Waals surface area contributed by atoms with Gasteiger partial charge in [-0.2, -0.15) is 0 Å². The molecule has 3 aromatic rings. The van der Waals surface area contributed by atoms with Crippen molar-refractivity contribution in [3.63, 3.8) is 0 Å². The molecule has 0 fully saturated rings. The van der Waals surface area contributed by atoms with E-state index in [1.807, 2.05) is 36.4 Å². The summed E-state index contributed by atoms with van der Waals surface area (Å²) in [5.74, 6) is 0. The number of hydrogen-bond donors (Lipinski definition) is 0. The average molecular weight is 380 g/mol. The van der Waals surface area contributed by atoms with Gasteiger partial charge in [0.05, 0.1) is 5.52 Å². The largest absolute Gasteiger partial charge is 0.302 e. The van der Waals surface area contributed by atoms with Gasteiger partial charge >= 0.3 is 0 Å². The van der Waals surface area contributed by atoms with Gasteiger partial charge in [-0.05, 0) is 42.4 Å². The van der Waals surface area contributed by atoms with E-state index >= 15 is 0 Å². The third-order valence-electron chi connectivity index (χ3n) is 4.44. The highest BCUT2D eigenvalue weighted by molar-refractivity contribution is 6.34. The summed E-state index contributed by atoms with van der Waals surface area (Å²) in [5, 5.41) is 2.55. The van der Waals surface area contributed by atoms with Crippen molar-refractivity contribution in [3.05, 3.63) is 63.8 Å². The summed E-state index contributed by atoms with van der Waals surface area (Å²) in [4.78, 5) is 7.20. The SMILES string of the molecule is CN1CCc2nc3ccc(Cl)cc3c(-c3ccccc3Cl)c2C1.Cl. The van der Waals surface area contributed by atoms with Crippen LogP contribution in [0.25, 0.3) is 22.0 Å². The molecule has 0 aliphatic carbocycles. The smallest absolute Gasteiger partial charge is 0.0712 e. The molecule has 0 amide bonds. The maximum Gasteiger partial charge on any atom is 0.0712 e. The van der Waals surface area contributed by atoms with Crippen molar-refractivity contribution in [2.24, 2.45) is 0 Å². The highest BCUT2D eigenvalue weighted by Crippen LogP contribution is 2.39. The molecular weight excluding hydrogens is 363 g/mol. The predicted octanol–water partition coefficient (Wildman–Crippen LogP) is 5.62. The number of hydrogen-bond acceptors (Lipinski definition) is 2. The van der Waals surface area contributed by atoms with Gasteiger partial charge in [0.2, 0.25) is 0 Å². The first-order valence-corrected chi connectivity index (χ1v) is 8.43. The van der Waals surface area contributed by atoms with E-state index in [0.29, 0.717) is 0 Å². The quantitative estimate of drug-likeness (QED) is 0.545. The van der Waals surface area contributed by atoms with Crippen LogP contribution in [0.5, 0.6) is 0 Å². The lowest BCUT2D eigenvalue weighted by atomic mass is 9.91. The van der Waals surface area contributed by atoms with Crippen molar-refractivity contribution < 1.29 is 0 Å². The van der Waals surface area contributed by atoms with Crippen LogP contribution in [0.4, 0.5) is 0 Å². The van der Waals surface area contributed by atoms with Gasteiger partial charge in [-0.15, -0.1) is 12.4 Å². The monoisotopic (exact) mass is 378 g/mol. The van der Waals surface area contributed by atoms with Gasteiger partial charge in [-0.3, -0.25) is 4.98 Å². The lowest BCUT2D eigenvalue weighted by Gasteiger charge is -2.27. The van der Waals surface area contributed by atoms with Crippen LogP contribution in [0, 0.1) is 0 Å². The fraction of sp³-hybridized carbons (Fsp3) is 0.211. The molecule has 0 radical (unpaired) electrons. The number of aromatic nitrogens is 1. The number of nitrogens with zero attached hydrogens (tertiary/aromatic N) is 2. The summed E-state index contributed by atoms with van der Waals surface area (Å²) in [6, 6.07) is 13.9. The maximum absolute atomic E-state index is 6.51. The van der Waals surface area contributed by atoms with Crippen LogP contribution in [0.15, 0.2) is 42.5 Å². The van der Waals surface area contributed by atoms with E-state index in [9.17, 15) is 0 Å². The van der Waals surface area contributed by atoms with E-state index in [0.717, 1.165) is 46.0 Å². The molecule has 4 rings (SSSR count). The first-order chi connectivity index (χ1) is 11.1. The molecule has 0 N–H and O–H groups in total. The first-order valence-electron chi connectivity index (χ1n) is 7.68. The van der Waals surface area contributed by atoms with E-state index in [1.165, 1.54) is 16.8 Å². The van der Waals surface area contributed by atoms with Crippen molar-refractivity contribution in [2.45, 2.75) is 13.0 Å². The summed E-state index contributed by atoms with van der Waals surface area (Å²) in [5.41, 5.74) is 5.64. The molecule has 124 valence electrons. The third-order valence-corrected chi connectivity index (χ3v) is 5.00. The third kappa shape index (κ3) is 3.00. The second-order valence-corrected chi connectivity index (χ2v) is 6.88. The molecule has 0 atom stereocenters. The van der Waals surface area contributed by atoms with Crippen LogP contribution in [-0.4, -0.2) is 23.5 Å². The fourth-order valence-electron chi connectivity index (χ4n) is 3.32. The molecule has 0 bridgehead atoms. The first kappa shape index (κ1) is 17.5. The van der Waals surface area contributed by atoms with Crippen LogP contribution in [0.2, 0.25) is 10.0 Å². The van der Waals surface area contributed by atoms with Crippen molar-refractivity contribution in [1.82, 2.24) is 9.88 Å². The second-order valence-electron chi connectivity index (χ2n) is 6.04. The normalized spacial score (nSPS) is 14.3. The van der Waals surface area contributed by atoms with Gasteiger partial charge in [0, 0.05) is 46.2 Å². The van der Waals surface area contributed by atoms with Crippen LogP contribution in [-0.2, 0) is 13.0 Å². The maximum atomic E-state index is 6.51. The van der Waals surface area contributed by atoms with Crippen LogP contribution in [0.1, 0.15) is 11.3 Å². The molecule has 24 heavy (non-hydrogen) atoms. The standard InChI is InChI=1S/C19H16Cl2N2.ClH/c1-23-9-8-18-15(11-23)19(13-4-2-3-5-16(13)21)14-10-12(20)6-7-17(14)22-18;/h2-7,10H,8-9,11H2,1H3;1H. The Hall–Kier alpha value is -1.32. The number of rotatable bonds is 1. The van der Waals surface area contributed by atoms with Gasteiger partial charge in [0.25, 0.3) is 0 Å². The highest BCUT2D eigenvalue weighted by Gasteiger charge is 2.22. The van der Waals surface area contributed by atoms with E-state index in [2.05, 4.69) is 18.0 Å². The summed E-state index contributed by atoms with van der Waals surface area (Å²) in [6.07, 6.45) is 0.960. The number of benzene rings is 2. The molecule has 0 unspecified atom stereocenters. The van der Waals surface area contributed by atoms with Gasteiger partial charge in [0.1, 0.15) is 0 Å². The molecule has 2 aromatic carbocycles. The topological polar surface area (TPSA) is 16.1 Å². The van der Waals surface area contributed by atoms with Gasteiger partial charge in [-0.25, -0.2) is 0 Å². The van der Waals surface area contributed by atoms with Crippen molar-refractivity contribution in [3.8, 4) is 11.1 Å². The number of likely N-dealkylation sites (N-methyl/N-ethyl adjacent to an activating group) is 1. The summed E-state index contributed by atoms with van der Waals surface area (Å²) in [6.45, 7) is 1.91. The minimum Gasteiger partial charge on any atom is -0.302 e. The Bertz CT molecular complexity index is 908. The Labute approximate surface area is 157 Å². The van der Waals surface area contributed by atoms with Crippen molar-refractivity contribution >= 4 is 46.5 Å². The minimum absolute atomic E-state index is 0. The summed E-state index contributed by atoms with van der Waals surface area (Å²) >= 11 is 12.8. The summed E-state index contributed by atoms with van der Waals surface area (Å²) < 4.78 is 0. The fourth-order valence-corrected chi connectivity index (χ4v) is 3.72. The number of pyridine rings is 1. The predicted molar refractivity (Wildman–Crippen MR) is 104 cm³/mol. The molecule has 1 aromatic heterocycles. The summed E-state index contributed by atoms with van der Waals surface area (Å²) in [7, 11) is 2.14. The molecule has 1 aliphatic heterocycles. The van der Waals surface area contributed by atoms with Crippen molar-refractivity contribution in [2.75, 3.05) is 13.6 Å². The molecule has 0 saturated carbocycles. The molecule has 1 aliphatic rings. The molecule has 0 spiro atoms. The van der Waals surface area contributed by atoms with E-state index in [4.69, 9.17) is 28.2 Å². The Morgan fingerprint density at radius 1 is 1.08 bits per heavy atom. The van der Waals surface area contributed by atoms with Crippen LogP contribution < -0.4 is 0 Å². The zero-order valence-corrected chi connectivity index (χ0v) is 15.5. The Morgan fingerprint density at radius 3 is 2.67 bits per heavy atom. The molecule has 2 heterocycles. The number of halogens is 3. The lowest BCUT2D eigenvalue weighted by molar-refractivity contribution is 0.311. The van der Waals surface area contributed by atoms with E-state index in [1.54, 1.807) is 0 Å². The zero-order chi connectivity index (χ0) is 16.0. The minimum atomic E-state index is 0. The Balaban J connectivity index is 0.00000169. The van der Waals surface area contributed by atoms with E-state index in [-0.39, 0.29) is 12.4 Å². The van der Waals surface area contributed by atoms with Gasteiger partial charge in [-0.1, -0.05) is 41.4 Å². The van der Waals surface area contributed by atoms with Gasteiger partial charge < -0.3 is 4.90 Å². The van der Waals surface area contributed by atoms with Crippen LogP contribution >= 0.6 is 35.6 Å². The highest BCUT2D eigenvalue weighted by atomic mass is 35.5. The Morgan fingerprint density at radius 2 is 1.88 bits per heavy atom. The second kappa shape index (κ2) is 6.89. The molecular formula is C19H17Cl3N2. The molecule has 5 heteroatoms. The lowest BCUT2D eigenvalue weighted by Crippen LogP contribution is -2.28. The van der Waals surface area contributed by atoms with E-state index < -0.39 is 0 Å². The average Bonchev–Trinajstić information content (AvgIpc) is 2.54. The molecule has 0 saturated heterocycles. The van der Waals surface area contributed by atoms with Crippen molar-refractivity contribution in [1.29, 1.82) is 0 Å². The Kier molecular flexibility index (Phi) is 5.03. The van der Waals surface area contributed by atoms with Gasteiger partial charge in [0.15, 0.2) is 0 Å². The number of fused-ring (bicyclic) bond motifs is 2.